The first-order chi connectivity index (χ1) is 15.7. The van der Waals surface area contributed by atoms with Crippen molar-refractivity contribution in [3.8, 4) is 11.5 Å². The van der Waals surface area contributed by atoms with Gasteiger partial charge in [-0.2, -0.15) is 0 Å². The minimum atomic E-state index is -2.18. The fraction of sp³-hybridized carbons (Fsp3) is 0.583. The van der Waals surface area contributed by atoms with E-state index in [1.807, 2.05) is 6.92 Å². The molecule has 0 aromatic heterocycles. The molecule has 0 aliphatic heterocycles. The molecule has 0 amide bonds. The summed E-state index contributed by atoms with van der Waals surface area (Å²) in [6.45, 7) is 11.7. The molecule has 10 heteroatoms. The summed E-state index contributed by atoms with van der Waals surface area (Å²) in [5.74, 6) is -2.58. The Kier molecular flexibility index (Phi) is 10.5. The van der Waals surface area contributed by atoms with Gasteiger partial charge in [0.25, 0.3) is 5.72 Å². The first-order valence-electron chi connectivity index (χ1n) is 11.2. The molecular formula is C24H35NO9. The second-order valence-electron chi connectivity index (χ2n) is 8.77. The van der Waals surface area contributed by atoms with Crippen LogP contribution in [-0.2, 0) is 30.3 Å². The first-order valence-corrected chi connectivity index (χ1v) is 11.2. The average molecular weight is 482 g/mol. The summed E-state index contributed by atoms with van der Waals surface area (Å²) in [7, 11) is 0. The SMILES string of the molecule is CCC(=O)Oc1ccc(C[C@](NC(C)CC)(OC(=O)OC(C)(C)C)C(=O)O)cc1OC(=O)CC. The molecule has 0 bridgehead atoms. The van der Waals surface area contributed by atoms with Crippen molar-refractivity contribution in [2.75, 3.05) is 0 Å². The van der Waals surface area contributed by atoms with Crippen LogP contribution in [0.3, 0.4) is 0 Å². The molecule has 0 heterocycles. The summed E-state index contributed by atoms with van der Waals surface area (Å²) in [5.41, 5.74) is -2.73. The lowest BCUT2D eigenvalue weighted by molar-refractivity contribution is -0.169. The van der Waals surface area contributed by atoms with Crippen LogP contribution in [0.15, 0.2) is 18.2 Å². The Morgan fingerprint density at radius 3 is 1.97 bits per heavy atom. The van der Waals surface area contributed by atoms with Gasteiger partial charge in [-0.05, 0) is 51.8 Å². The van der Waals surface area contributed by atoms with E-state index >= 15 is 0 Å². The number of carbonyl (C=O) groups excluding carboxylic acids is 3. The number of esters is 2. The van der Waals surface area contributed by atoms with E-state index in [0.717, 1.165) is 0 Å². The van der Waals surface area contributed by atoms with Gasteiger partial charge in [0.05, 0.1) is 0 Å². The number of ether oxygens (including phenoxy) is 4. The molecule has 0 saturated heterocycles. The summed E-state index contributed by atoms with van der Waals surface area (Å²) in [5, 5.41) is 12.9. The molecule has 0 fully saturated rings. The van der Waals surface area contributed by atoms with Gasteiger partial charge < -0.3 is 24.1 Å². The maximum absolute atomic E-state index is 12.4. The number of rotatable bonds is 11. The molecule has 2 atom stereocenters. The van der Waals surface area contributed by atoms with E-state index in [1.165, 1.54) is 18.2 Å². The molecule has 0 aliphatic carbocycles. The number of hydrogen-bond acceptors (Lipinski definition) is 9. The Bertz CT molecular complexity index is 891. The van der Waals surface area contributed by atoms with Gasteiger partial charge in [-0.25, -0.2) is 9.59 Å². The van der Waals surface area contributed by atoms with Crippen LogP contribution in [-0.4, -0.2) is 46.5 Å². The van der Waals surface area contributed by atoms with Crippen LogP contribution >= 0.6 is 0 Å². The fourth-order valence-corrected chi connectivity index (χ4v) is 2.71. The summed E-state index contributed by atoms with van der Waals surface area (Å²) in [6.07, 6.45) is -0.755. The Hall–Kier alpha value is -3.14. The highest BCUT2D eigenvalue weighted by molar-refractivity contribution is 5.81. The molecule has 0 saturated carbocycles. The molecule has 10 nitrogen and oxygen atoms in total. The lowest BCUT2D eigenvalue weighted by atomic mass is 10.00. The summed E-state index contributed by atoms with van der Waals surface area (Å²) >= 11 is 0. The Balaban J connectivity index is 3.44. The van der Waals surface area contributed by atoms with Crippen LogP contribution in [0.1, 0.15) is 73.3 Å². The van der Waals surface area contributed by atoms with Crippen molar-refractivity contribution in [1.29, 1.82) is 0 Å². The number of carbonyl (C=O) groups is 4. The molecule has 34 heavy (non-hydrogen) atoms. The topological polar surface area (TPSA) is 137 Å². The maximum Gasteiger partial charge on any atom is 0.511 e. The number of nitrogens with one attached hydrogen (secondary N) is 1. The Labute approximate surface area is 199 Å². The predicted molar refractivity (Wildman–Crippen MR) is 123 cm³/mol. The Morgan fingerprint density at radius 1 is 0.941 bits per heavy atom. The maximum atomic E-state index is 12.4. The largest absolute Gasteiger partial charge is 0.511 e. The molecule has 0 spiro atoms. The van der Waals surface area contributed by atoms with E-state index in [2.05, 4.69) is 5.32 Å². The van der Waals surface area contributed by atoms with Crippen molar-refractivity contribution in [2.24, 2.45) is 0 Å². The van der Waals surface area contributed by atoms with E-state index in [9.17, 15) is 24.3 Å². The van der Waals surface area contributed by atoms with E-state index < -0.39 is 35.4 Å². The minimum absolute atomic E-state index is 0.0151. The molecule has 190 valence electrons. The van der Waals surface area contributed by atoms with Crippen LogP contribution in [0.4, 0.5) is 4.79 Å². The van der Waals surface area contributed by atoms with Gasteiger partial charge in [-0.15, -0.1) is 0 Å². The zero-order valence-corrected chi connectivity index (χ0v) is 20.9. The highest BCUT2D eigenvalue weighted by atomic mass is 16.8. The smallest absolute Gasteiger partial charge is 0.477 e. The van der Waals surface area contributed by atoms with Crippen molar-refractivity contribution in [1.82, 2.24) is 5.32 Å². The van der Waals surface area contributed by atoms with E-state index in [4.69, 9.17) is 18.9 Å². The third-order valence-electron chi connectivity index (χ3n) is 4.57. The predicted octanol–water partition coefficient (Wildman–Crippen LogP) is 3.98. The summed E-state index contributed by atoms with van der Waals surface area (Å²) in [6, 6.07) is 3.93. The van der Waals surface area contributed by atoms with Crippen LogP contribution in [0.2, 0.25) is 0 Å². The van der Waals surface area contributed by atoms with E-state index in [1.54, 1.807) is 41.5 Å². The molecule has 1 unspecified atom stereocenters. The quantitative estimate of drug-likeness (QED) is 0.271. The highest BCUT2D eigenvalue weighted by Crippen LogP contribution is 2.31. The van der Waals surface area contributed by atoms with Crippen molar-refractivity contribution < 1.29 is 43.2 Å². The molecule has 2 N–H and O–H groups in total. The van der Waals surface area contributed by atoms with Gasteiger partial charge in [-0.3, -0.25) is 14.9 Å². The fourth-order valence-electron chi connectivity index (χ4n) is 2.71. The second-order valence-corrected chi connectivity index (χ2v) is 8.77. The van der Waals surface area contributed by atoms with Crippen LogP contribution in [0.25, 0.3) is 0 Å². The number of hydrogen-bond donors (Lipinski definition) is 2. The zero-order chi connectivity index (χ0) is 26.1. The van der Waals surface area contributed by atoms with Crippen molar-refractivity contribution in [3.05, 3.63) is 23.8 Å². The monoisotopic (exact) mass is 481 g/mol. The zero-order valence-electron chi connectivity index (χ0n) is 20.9. The van der Waals surface area contributed by atoms with Crippen LogP contribution < -0.4 is 14.8 Å². The molecule has 1 rings (SSSR count). The lowest BCUT2D eigenvalue weighted by Crippen LogP contribution is -2.60. The Morgan fingerprint density at radius 2 is 1.50 bits per heavy atom. The standard InChI is InChI=1S/C24H35NO9/c1-8-15(4)25-24(21(28)29,34-22(30)33-23(5,6)7)14-16-11-12-17(31-19(26)9-2)18(13-16)32-20(27)10-3/h11-13,15,25H,8-10,14H2,1-7H3,(H,28,29)/t15?,24-/m0/s1. The second kappa shape index (κ2) is 12.4. The van der Waals surface area contributed by atoms with Gasteiger partial charge in [0, 0.05) is 25.3 Å². The van der Waals surface area contributed by atoms with Crippen LogP contribution in [0, 0.1) is 0 Å². The highest BCUT2D eigenvalue weighted by Gasteiger charge is 2.45. The van der Waals surface area contributed by atoms with Crippen molar-refractivity contribution >= 4 is 24.1 Å². The van der Waals surface area contributed by atoms with Gasteiger partial charge >= 0.3 is 24.1 Å². The van der Waals surface area contributed by atoms with Crippen molar-refractivity contribution in [2.45, 2.75) is 91.5 Å². The van der Waals surface area contributed by atoms with E-state index in [0.29, 0.717) is 12.0 Å². The van der Waals surface area contributed by atoms with Gasteiger partial charge in [0.2, 0.25) is 0 Å². The number of benzene rings is 1. The van der Waals surface area contributed by atoms with Gasteiger partial charge in [0.15, 0.2) is 11.5 Å². The normalized spacial score (nSPS) is 13.9. The summed E-state index contributed by atoms with van der Waals surface area (Å²) < 4.78 is 21.0. The molecule has 0 radical (unpaired) electrons. The lowest BCUT2D eigenvalue weighted by Gasteiger charge is -2.33. The van der Waals surface area contributed by atoms with Gasteiger partial charge in [0.1, 0.15) is 5.60 Å². The number of carboxylic acid groups (broad SMARTS) is 1. The third kappa shape index (κ3) is 9.01. The van der Waals surface area contributed by atoms with E-state index in [-0.39, 0.29) is 36.8 Å². The molecule has 0 aliphatic rings. The van der Waals surface area contributed by atoms with Crippen molar-refractivity contribution in [3.63, 3.8) is 0 Å². The average Bonchev–Trinajstić information content (AvgIpc) is 2.73. The molecule has 1 aromatic carbocycles. The first kappa shape index (κ1) is 28.9. The minimum Gasteiger partial charge on any atom is -0.477 e. The third-order valence-corrected chi connectivity index (χ3v) is 4.57. The number of carboxylic acids is 1. The number of aliphatic carboxylic acids is 1. The van der Waals surface area contributed by atoms with Gasteiger partial charge in [-0.1, -0.05) is 26.8 Å². The summed E-state index contributed by atoms with van der Waals surface area (Å²) in [4.78, 5) is 48.5. The molecular weight excluding hydrogens is 446 g/mol. The molecule has 1 aromatic rings. The van der Waals surface area contributed by atoms with Crippen LogP contribution in [0.5, 0.6) is 11.5 Å².